The Morgan fingerprint density at radius 2 is 1.93 bits per heavy atom. The van der Waals surface area contributed by atoms with Crippen LogP contribution in [0, 0.1) is 6.92 Å². The fourth-order valence-electron chi connectivity index (χ4n) is 2.88. The van der Waals surface area contributed by atoms with Crippen molar-refractivity contribution in [3.05, 3.63) is 65.2 Å². The number of rotatable bonds is 8. The van der Waals surface area contributed by atoms with Crippen LogP contribution >= 0.6 is 0 Å². The molecule has 0 radical (unpaired) electrons. The molecule has 0 aliphatic rings. The highest BCUT2D eigenvalue weighted by atomic mass is 16.5. The van der Waals surface area contributed by atoms with Gasteiger partial charge < -0.3 is 20.7 Å². The molecule has 1 unspecified atom stereocenters. The van der Waals surface area contributed by atoms with E-state index in [1.54, 1.807) is 7.05 Å². The Labute approximate surface area is 167 Å². The van der Waals surface area contributed by atoms with Crippen LogP contribution in [0.5, 0.6) is 5.75 Å². The molecule has 28 heavy (non-hydrogen) atoms. The van der Waals surface area contributed by atoms with E-state index in [9.17, 15) is 4.79 Å². The first kappa shape index (κ1) is 21.3. The highest BCUT2D eigenvalue weighted by Gasteiger charge is 2.10. The Balaban J connectivity index is 1.90. The molecule has 0 saturated carbocycles. The van der Waals surface area contributed by atoms with Gasteiger partial charge in [0.2, 0.25) is 0 Å². The highest BCUT2D eigenvalue weighted by molar-refractivity contribution is 5.80. The van der Waals surface area contributed by atoms with Gasteiger partial charge in [-0.2, -0.15) is 0 Å². The summed E-state index contributed by atoms with van der Waals surface area (Å²) >= 11 is 0. The molecule has 6 heteroatoms. The van der Waals surface area contributed by atoms with Crippen molar-refractivity contribution in [2.75, 3.05) is 20.2 Å². The molecule has 2 rings (SSSR count). The lowest BCUT2D eigenvalue weighted by Gasteiger charge is -2.20. The Morgan fingerprint density at radius 3 is 2.64 bits per heavy atom. The van der Waals surface area contributed by atoms with E-state index in [0.29, 0.717) is 18.8 Å². The lowest BCUT2D eigenvalue weighted by molar-refractivity contribution is -0.122. The molecular weight excluding hydrogens is 352 g/mol. The molecule has 0 fully saturated rings. The molecular formula is C22H30N4O2. The third kappa shape index (κ3) is 6.61. The molecule has 150 valence electrons. The summed E-state index contributed by atoms with van der Waals surface area (Å²) in [5, 5.41) is 9.45. The average molecular weight is 383 g/mol. The third-order valence-electron chi connectivity index (χ3n) is 4.33. The van der Waals surface area contributed by atoms with Gasteiger partial charge in [0.1, 0.15) is 5.75 Å². The van der Waals surface area contributed by atoms with Gasteiger partial charge in [-0.3, -0.25) is 9.79 Å². The monoisotopic (exact) mass is 382 g/mol. The number of nitrogens with zero attached hydrogens (tertiary/aromatic N) is 1. The second-order valence-electron chi connectivity index (χ2n) is 6.54. The predicted octanol–water partition coefficient (Wildman–Crippen LogP) is 2.94. The number of carbonyl (C=O) groups excluding carboxylic acids is 1. The molecule has 0 bridgehead atoms. The number of benzene rings is 2. The topological polar surface area (TPSA) is 74.8 Å². The van der Waals surface area contributed by atoms with Gasteiger partial charge in [0, 0.05) is 20.1 Å². The van der Waals surface area contributed by atoms with Crippen molar-refractivity contribution < 1.29 is 9.53 Å². The molecule has 0 heterocycles. The van der Waals surface area contributed by atoms with Crippen molar-refractivity contribution >= 4 is 11.9 Å². The van der Waals surface area contributed by atoms with Crippen LogP contribution in [0.3, 0.4) is 0 Å². The van der Waals surface area contributed by atoms with E-state index in [1.807, 2.05) is 43.3 Å². The number of carbonyl (C=O) groups is 1. The highest BCUT2D eigenvalue weighted by Crippen LogP contribution is 2.16. The number of aliphatic imine (C=N–C) groups is 1. The van der Waals surface area contributed by atoms with Gasteiger partial charge in [-0.25, -0.2) is 0 Å². The zero-order valence-corrected chi connectivity index (χ0v) is 17.1. The minimum atomic E-state index is -0.124. The zero-order valence-electron chi connectivity index (χ0n) is 17.1. The van der Waals surface area contributed by atoms with E-state index in [-0.39, 0.29) is 18.6 Å². The number of ether oxygens (including phenoxy) is 1. The molecule has 0 aromatic heterocycles. The fourth-order valence-corrected chi connectivity index (χ4v) is 2.88. The summed E-state index contributed by atoms with van der Waals surface area (Å²) in [7, 11) is 1.76. The van der Waals surface area contributed by atoms with Gasteiger partial charge >= 0.3 is 0 Å². The normalized spacial score (nSPS) is 12.2. The molecule has 0 aliphatic carbocycles. The number of likely N-dealkylation sites (N-methyl/N-ethyl adjacent to an activating group) is 1. The lowest BCUT2D eigenvalue weighted by atomic mass is 10.0. The van der Waals surface area contributed by atoms with Crippen LogP contribution < -0.4 is 20.7 Å². The Hall–Kier alpha value is -3.02. The maximum Gasteiger partial charge on any atom is 0.257 e. The zero-order chi connectivity index (χ0) is 20.4. The summed E-state index contributed by atoms with van der Waals surface area (Å²) < 4.78 is 5.54. The van der Waals surface area contributed by atoms with E-state index in [2.05, 4.69) is 46.9 Å². The molecule has 0 spiro atoms. The average Bonchev–Trinajstić information content (AvgIpc) is 2.70. The molecule has 1 amide bonds. The number of aryl methyl sites for hydroxylation is 1. The molecule has 0 saturated heterocycles. The van der Waals surface area contributed by atoms with Gasteiger partial charge in [-0.1, -0.05) is 36.4 Å². The maximum atomic E-state index is 11.5. The Morgan fingerprint density at radius 1 is 1.14 bits per heavy atom. The SMILES string of the molecule is CCNC(=O)COc1cccc(CNC(=NC)NC(C)c2ccccc2C)c1. The standard InChI is InChI=1S/C22H30N4O2/c1-5-24-21(27)15-28-19-11-8-10-18(13-19)14-25-22(23-4)26-17(3)20-12-7-6-9-16(20)2/h6-13,17H,5,14-15H2,1-4H3,(H,24,27)(H2,23,25,26). The largest absolute Gasteiger partial charge is 0.484 e. The van der Waals surface area contributed by atoms with E-state index >= 15 is 0 Å². The third-order valence-corrected chi connectivity index (χ3v) is 4.33. The summed E-state index contributed by atoms with van der Waals surface area (Å²) in [6.07, 6.45) is 0. The van der Waals surface area contributed by atoms with E-state index in [0.717, 1.165) is 11.5 Å². The smallest absolute Gasteiger partial charge is 0.257 e. The lowest BCUT2D eigenvalue weighted by Crippen LogP contribution is -2.38. The minimum Gasteiger partial charge on any atom is -0.484 e. The van der Waals surface area contributed by atoms with Crippen LogP contribution in [0.15, 0.2) is 53.5 Å². The van der Waals surface area contributed by atoms with Gasteiger partial charge in [0.05, 0.1) is 6.04 Å². The molecule has 1 atom stereocenters. The number of hydrogen-bond acceptors (Lipinski definition) is 3. The summed E-state index contributed by atoms with van der Waals surface area (Å²) in [6, 6.07) is 16.1. The van der Waals surface area contributed by atoms with E-state index in [4.69, 9.17) is 4.74 Å². The summed E-state index contributed by atoms with van der Waals surface area (Å²) in [6.45, 7) is 7.31. The van der Waals surface area contributed by atoms with Crippen molar-refractivity contribution in [1.29, 1.82) is 0 Å². The van der Waals surface area contributed by atoms with Crippen molar-refractivity contribution in [2.45, 2.75) is 33.4 Å². The van der Waals surface area contributed by atoms with Crippen molar-refractivity contribution in [2.24, 2.45) is 4.99 Å². The number of nitrogens with one attached hydrogen (secondary N) is 3. The summed E-state index contributed by atoms with van der Waals surface area (Å²) in [5.74, 6) is 1.27. The second kappa shape index (κ2) is 11.0. The Bertz CT molecular complexity index is 805. The summed E-state index contributed by atoms with van der Waals surface area (Å²) in [5.41, 5.74) is 3.53. The van der Waals surface area contributed by atoms with E-state index in [1.165, 1.54) is 11.1 Å². The van der Waals surface area contributed by atoms with Gasteiger partial charge in [0.25, 0.3) is 5.91 Å². The number of hydrogen-bond donors (Lipinski definition) is 3. The van der Waals surface area contributed by atoms with Crippen LogP contribution in [0.4, 0.5) is 0 Å². The molecule has 6 nitrogen and oxygen atoms in total. The predicted molar refractivity (Wildman–Crippen MR) is 114 cm³/mol. The quantitative estimate of drug-likeness (QED) is 0.485. The van der Waals surface area contributed by atoms with Crippen molar-refractivity contribution in [3.8, 4) is 5.75 Å². The van der Waals surface area contributed by atoms with Gasteiger partial charge in [-0.05, 0) is 49.6 Å². The Kier molecular flexibility index (Phi) is 8.34. The summed E-state index contributed by atoms with van der Waals surface area (Å²) in [4.78, 5) is 15.8. The van der Waals surface area contributed by atoms with Gasteiger partial charge in [-0.15, -0.1) is 0 Å². The van der Waals surface area contributed by atoms with Crippen LogP contribution in [0.25, 0.3) is 0 Å². The van der Waals surface area contributed by atoms with Gasteiger partial charge in [0.15, 0.2) is 12.6 Å². The number of amides is 1. The first-order valence-electron chi connectivity index (χ1n) is 9.54. The number of guanidine groups is 1. The first-order valence-corrected chi connectivity index (χ1v) is 9.54. The van der Waals surface area contributed by atoms with Crippen LogP contribution in [0.1, 0.15) is 36.6 Å². The molecule has 0 aliphatic heterocycles. The molecule has 3 N–H and O–H groups in total. The molecule has 2 aromatic rings. The first-order chi connectivity index (χ1) is 13.5. The van der Waals surface area contributed by atoms with Crippen molar-refractivity contribution in [1.82, 2.24) is 16.0 Å². The molecule has 2 aromatic carbocycles. The van der Waals surface area contributed by atoms with E-state index < -0.39 is 0 Å². The minimum absolute atomic E-state index is 0.0158. The van der Waals surface area contributed by atoms with Crippen LogP contribution in [-0.4, -0.2) is 32.1 Å². The van der Waals surface area contributed by atoms with Crippen LogP contribution in [-0.2, 0) is 11.3 Å². The second-order valence-corrected chi connectivity index (χ2v) is 6.54. The van der Waals surface area contributed by atoms with Crippen molar-refractivity contribution in [3.63, 3.8) is 0 Å². The maximum absolute atomic E-state index is 11.5. The fraction of sp³-hybridized carbons (Fsp3) is 0.364. The van der Waals surface area contributed by atoms with Crippen LogP contribution in [0.2, 0.25) is 0 Å².